The van der Waals surface area contributed by atoms with E-state index in [1.807, 2.05) is 60.5 Å². The lowest BCUT2D eigenvalue weighted by Crippen LogP contribution is -2.52. The molecule has 218 valence electrons. The van der Waals surface area contributed by atoms with Gasteiger partial charge in [-0.15, -0.1) is 11.3 Å². The molecular formula is C34H37ClN4O2S. The Balaban J connectivity index is 1.83. The smallest absolute Gasteiger partial charge is 0.265 e. The number of carbonyl (C=O) groups excluding carboxylic acids is 1. The fourth-order valence-corrected chi connectivity index (χ4v) is 6.51. The number of aryl methyl sites for hydroxylation is 2. The van der Waals surface area contributed by atoms with Crippen LogP contribution in [0, 0.1) is 0 Å². The number of hydrogen-bond donors (Lipinski definition) is 1. The molecule has 1 N–H and O–H groups in total. The Morgan fingerprint density at radius 3 is 2.43 bits per heavy atom. The van der Waals surface area contributed by atoms with E-state index in [1.165, 1.54) is 11.3 Å². The number of allylic oxidation sites excluding steroid dienone is 1. The molecule has 0 bridgehead atoms. The van der Waals surface area contributed by atoms with Crippen molar-refractivity contribution in [1.29, 1.82) is 0 Å². The van der Waals surface area contributed by atoms with Crippen LogP contribution in [0.15, 0.2) is 64.3 Å². The second-order valence-electron chi connectivity index (χ2n) is 10.9. The van der Waals surface area contributed by atoms with Crippen molar-refractivity contribution in [3.8, 4) is 27.5 Å². The number of thiazole rings is 1. The van der Waals surface area contributed by atoms with Gasteiger partial charge in [-0.2, -0.15) is 0 Å². The van der Waals surface area contributed by atoms with Crippen molar-refractivity contribution >= 4 is 34.9 Å². The monoisotopic (exact) mass is 600 g/mol. The fraction of sp³-hybridized carbons (Fsp3) is 0.324. The van der Waals surface area contributed by atoms with Crippen LogP contribution in [0.1, 0.15) is 61.8 Å². The predicted molar refractivity (Wildman–Crippen MR) is 175 cm³/mol. The molecule has 4 aromatic rings. The number of hydrogen-bond acceptors (Lipinski definition) is 5. The quantitative estimate of drug-likeness (QED) is 0.242. The van der Waals surface area contributed by atoms with Gasteiger partial charge in [0.25, 0.3) is 11.5 Å². The Kier molecular flexibility index (Phi) is 9.11. The van der Waals surface area contributed by atoms with Gasteiger partial charge in [-0.3, -0.25) is 14.2 Å². The molecule has 0 spiro atoms. The summed E-state index contributed by atoms with van der Waals surface area (Å²) in [7, 11) is 0. The first-order chi connectivity index (χ1) is 20.2. The highest BCUT2D eigenvalue weighted by molar-refractivity contribution is 7.13. The summed E-state index contributed by atoms with van der Waals surface area (Å²) in [5.41, 5.74) is 7.03. The highest BCUT2D eigenvalue weighted by atomic mass is 35.5. The maximum Gasteiger partial charge on any atom is 0.265 e. The van der Waals surface area contributed by atoms with Crippen molar-refractivity contribution in [3.63, 3.8) is 0 Å². The number of piperazine rings is 1. The van der Waals surface area contributed by atoms with Gasteiger partial charge in [0.2, 0.25) is 0 Å². The Morgan fingerprint density at radius 2 is 1.81 bits per heavy atom. The summed E-state index contributed by atoms with van der Waals surface area (Å²) >= 11 is 7.52. The van der Waals surface area contributed by atoms with Gasteiger partial charge in [0.1, 0.15) is 5.01 Å². The largest absolute Gasteiger partial charge is 0.333 e. The lowest BCUT2D eigenvalue weighted by atomic mass is 9.99. The summed E-state index contributed by atoms with van der Waals surface area (Å²) in [6, 6.07) is 15.5. The Bertz CT molecular complexity index is 1680. The van der Waals surface area contributed by atoms with Gasteiger partial charge < -0.3 is 10.2 Å². The average Bonchev–Trinajstić information content (AvgIpc) is 3.47. The topological polar surface area (TPSA) is 67.2 Å². The molecule has 0 saturated carbocycles. The van der Waals surface area contributed by atoms with Gasteiger partial charge in [0.05, 0.1) is 28.2 Å². The predicted octanol–water partition coefficient (Wildman–Crippen LogP) is 7.26. The first kappa shape index (κ1) is 30.0. The van der Waals surface area contributed by atoms with E-state index < -0.39 is 0 Å². The molecule has 1 saturated heterocycles. The number of nitrogens with zero attached hydrogens (tertiary/aromatic N) is 3. The molecule has 8 heteroatoms. The molecule has 0 unspecified atom stereocenters. The van der Waals surface area contributed by atoms with Crippen molar-refractivity contribution < 1.29 is 4.79 Å². The van der Waals surface area contributed by atoms with E-state index in [9.17, 15) is 9.59 Å². The number of pyridine rings is 1. The van der Waals surface area contributed by atoms with Gasteiger partial charge in [0, 0.05) is 41.6 Å². The molecule has 1 atom stereocenters. The molecule has 5 rings (SSSR count). The van der Waals surface area contributed by atoms with E-state index in [1.54, 1.807) is 10.6 Å². The van der Waals surface area contributed by atoms with Crippen molar-refractivity contribution in [2.24, 2.45) is 0 Å². The molecule has 0 aliphatic carbocycles. The Labute approximate surface area is 256 Å². The van der Waals surface area contributed by atoms with Gasteiger partial charge >= 0.3 is 0 Å². The van der Waals surface area contributed by atoms with Crippen LogP contribution in [0.2, 0.25) is 5.02 Å². The zero-order chi connectivity index (χ0) is 30.0. The standard InChI is InChI=1S/C34H37ClN4O2S/c1-6-23-9-8-10-24(7-2)31(23)39-30(17-21(3)4)27(33(40)38-16-15-36-19-22(38)5)18-28(34(39)41)32-37-29(20-42-32)25-11-13-26(35)14-12-25/h8-14,17-18,20,22,36H,6-7,15-16,19H2,1-5H3/t22-/m1/s1. The average molecular weight is 601 g/mol. The number of para-hydroxylation sites is 1. The van der Waals surface area contributed by atoms with E-state index in [2.05, 4.69) is 38.2 Å². The Hall–Kier alpha value is -3.52. The zero-order valence-electron chi connectivity index (χ0n) is 24.8. The van der Waals surface area contributed by atoms with E-state index >= 15 is 0 Å². The van der Waals surface area contributed by atoms with Crippen LogP contribution >= 0.6 is 22.9 Å². The fourth-order valence-electron chi connectivity index (χ4n) is 5.54. The lowest BCUT2D eigenvalue weighted by molar-refractivity contribution is 0.0655. The summed E-state index contributed by atoms with van der Waals surface area (Å²) in [6.07, 6.45) is 3.48. The molecule has 2 aromatic carbocycles. The number of halogens is 1. The first-order valence-corrected chi connectivity index (χ1v) is 15.8. The normalized spacial score (nSPS) is 15.1. The summed E-state index contributed by atoms with van der Waals surface area (Å²) in [5.74, 6) is -0.0759. The summed E-state index contributed by atoms with van der Waals surface area (Å²) < 4.78 is 1.78. The Morgan fingerprint density at radius 1 is 1.12 bits per heavy atom. The molecule has 3 heterocycles. The van der Waals surface area contributed by atoms with E-state index in [-0.39, 0.29) is 17.5 Å². The minimum atomic E-state index is -0.181. The van der Waals surface area contributed by atoms with E-state index in [0.717, 1.165) is 59.6 Å². The molecule has 1 aliphatic rings. The number of nitrogens with one attached hydrogen (secondary N) is 1. The van der Waals surface area contributed by atoms with E-state index in [0.29, 0.717) is 33.4 Å². The first-order valence-electron chi connectivity index (χ1n) is 14.5. The summed E-state index contributed by atoms with van der Waals surface area (Å²) in [6.45, 7) is 12.3. The van der Waals surface area contributed by atoms with Crippen molar-refractivity contribution in [1.82, 2.24) is 19.8 Å². The van der Waals surface area contributed by atoms with Crippen LogP contribution in [0.4, 0.5) is 0 Å². The molecule has 42 heavy (non-hydrogen) atoms. The van der Waals surface area contributed by atoms with Crippen LogP contribution in [-0.4, -0.2) is 46.0 Å². The zero-order valence-corrected chi connectivity index (χ0v) is 26.4. The third kappa shape index (κ3) is 5.87. The molecule has 1 aliphatic heterocycles. The van der Waals surface area contributed by atoms with E-state index in [4.69, 9.17) is 16.6 Å². The number of benzene rings is 2. The van der Waals surface area contributed by atoms with Gasteiger partial charge in [0.15, 0.2) is 0 Å². The van der Waals surface area contributed by atoms with Gasteiger partial charge in [-0.1, -0.05) is 61.4 Å². The van der Waals surface area contributed by atoms with Crippen LogP contribution < -0.4 is 10.9 Å². The second kappa shape index (κ2) is 12.8. The second-order valence-corrected chi connectivity index (χ2v) is 12.2. The SMILES string of the molecule is CCc1cccc(CC)c1-n1c(C=C(C)C)c(C(=O)N2CCNC[C@H]2C)cc(-c2nc(-c3ccc(Cl)cc3)cs2)c1=O. The molecular weight excluding hydrogens is 564 g/mol. The molecule has 0 radical (unpaired) electrons. The lowest BCUT2D eigenvalue weighted by Gasteiger charge is -2.34. The highest BCUT2D eigenvalue weighted by Gasteiger charge is 2.30. The van der Waals surface area contributed by atoms with Crippen molar-refractivity contribution in [3.05, 3.63) is 97.2 Å². The van der Waals surface area contributed by atoms with Crippen LogP contribution in [0.3, 0.4) is 0 Å². The molecule has 1 fully saturated rings. The number of rotatable bonds is 7. The third-order valence-corrected chi connectivity index (χ3v) is 8.85. The minimum absolute atomic E-state index is 0.0279. The molecule has 2 aromatic heterocycles. The highest BCUT2D eigenvalue weighted by Crippen LogP contribution is 2.32. The minimum Gasteiger partial charge on any atom is -0.333 e. The van der Waals surface area contributed by atoms with Crippen molar-refractivity contribution in [2.45, 2.75) is 53.5 Å². The number of amides is 1. The third-order valence-electron chi connectivity index (χ3n) is 7.72. The number of aromatic nitrogens is 2. The van der Waals surface area contributed by atoms with Crippen molar-refractivity contribution in [2.75, 3.05) is 19.6 Å². The summed E-state index contributed by atoms with van der Waals surface area (Å²) in [4.78, 5) is 35.9. The maximum atomic E-state index is 14.7. The molecule has 1 amide bonds. The molecule has 6 nitrogen and oxygen atoms in total. The van der Waals surface area contributed by atoms with Crippen LogP contribution in [-0.2, 0) is 12.8 Å². The van der Waals surface area contributed by atoms with Crippen LogP contribution in [0.5, 0.6) is 0 Å². The van der Waals surface area contributed by atoms with Gasteiger partial charge in [-0.25, -0.2) is 4.98 Å². The maximum absolute atomic E-state index is 14.7. The van der Waals surface area contributed by atoms with Crippen LogP contribution in [0.25, 0.3) is 33.6 Å². The summed E-state index contributed by atoms with van der Waals surface area (Å²) in [5, 5.41) is 6.56. The number of carbonyl (C=O) groups is 1. The van der Waals surface area contributed by atoms with Gasteiger partial charge in [-0.05, 0) is 69.0 Å².